The summed E-state index contributed by atoms with van der Waals surface area (Å²) in [5.74, 6) is 0.396. The number of carbonyl (C=O) groups is 1. The first-order valence-electron chi connectivity index (χ1n) is 4.68. The molecule has 0 saturated heterocycles. The summed E-state index contributed by atoms with van der Waals surface area (Å²) in [7, 11) is 1.72. The first kappa shape index (κ1) is 10.8. The average molecular weight is 197 g/mol. The molecule has 1 N–H and O–H groups in total. The van der Waals surface area contributed by atoms with Crippen LogP contribution in [0.5, 0.6) is 0 Å². The third-order valence-electron chi connectivity index (χ3n) is 2.07. The normalized spacial score (nSPS) is 12.8. The quantitative estimate of drug-likeness (QED) is 0.726. The third kappa shape index (κ3) is 2.63. The second kappa shape index (κ2) is 4.85. The molecule has 5 nitrogen and oxygen atoms in total. The number of hydrogen-bond donors (Lipinski definition) is 1. The van der Waals surface area contributed by atoms with E-state index in [1.54, 1.807) is 7.05 Å². The Hall–Kier alpha value is -1.23. The van der Waals surface area contributed by atoms with Crippen molar-refractivity contribution in [2.75, 3.05) is 0 Å². The van der Waals surface area contributed by atoms with Gasteiger partial charge in [0.1, 0.15) is 18.3 Å². The molecule has 0 aromatic carbocycles. The Morgan fingerprint density at radius 3 is 2.93 bits per heavy atom. The number of aryl methyl sites for hydroxylation is 1. The molecule has 0 spiro atoms. The number of ketones is 1. The number of Topliss-reactive ketones (excluding diaryl/α,β-unsaturated/α-hetero) is 1. The third-order valence-corrected chi connectivity index (χ3v) is 2.07. The van der Waals surface area contributed by atoms with Gasteiger partial charge in [-0.2, -0.15) is 5.10 Å². The maximum absolute atomic E-state index is 11.4. The Kier molecular flexibility index (Phi) is 3.76. The zero-order chi connectivity index (χ0) is 10.6. The van der Waals surface area contributed by atoms with Gasteiger partial charge in [0.2, 0.25) is 0 Å². The minimum absolute atomic E-state index is 0.150. The number of carbonyl (C=O) groups excluding carboxylic acids is 1. The zero-order valence-electron chi connectivity index (χ0n) is 8.47. The summed E-state index contributed by atoms with van der Waals surface area (Å²) in [5.41, 5.74) is 0. The highest BCUT2D eigenvalue weighted by atomic mass is 16.3. The fourth-order valence-corrected chi connectivity index (χ4v) is 1.19. The topological polar surface area (TPSA) is 68.0 Å². The smallest absolute Gasteiger partial charge is 0.168 e. The van der Waals surface area contributed by atoms with Gasteiger partial charge in [-0.3, -0.25) is 9.48 Å². The van der Waals surface area contributed by atoms with Crippen molar-refractivity contribution < 1.29 is 9.90 Å². The van der Waals surface area contributed by atoms with Crippen molar-refractivity contribution in [3.05, 3.63) is 12.2 Å². The van der Waals surface area contributed by atoms with Crippen molar-refractivity contribution in [2.24, 2.45) is 7.05 Å². The summed E-state index contributed by atoms with van der Waals surface area (Å²) in [5, 5.41) is 13.2. The highest BCUT2D eigenvalue weighted by Gasteiger charge is 2.16. The van der Waals surface area contributed by atoms with E-state index in [1.807, 2.05) is 6.92 Å². The van der Waals surface area contributed by atoms with Crippen LogP contribution in [0.1, 0.15) is 25.6 Å². The molecule has 1 aromatic rings. The van der Waals surface area contributed by atoms with Gasteiger partial charge in [-0.1, -0.05) is 13.3 Å². The maximum Gasteiger partial charge on any atom is 0.168 e. The zero-order valence-corrected chi connectivity index (χ0v) is 8.47. The molecule has 1 rings (SSSR count). The summed E-state index contributed by atoms with van der Waals surface area (Å²) in [4.78, 5) is 15.3. The van der Waals surface area contributed by atoms with Gasteiger partial charge in [-0.15, -0.1) is 0 Å². The van der Waals surface area contributed by atoms with Crippen molar-refractivity contribution >= 4 is 5.78 Å². The Labute approximate surface area is 82.8 Å². The summed E-state index contributed by atoms with van der Waals surface area (Å²) in [6.07, 6.45) is 1.99. The van der Waals surface area contributed by atoms with Gasteiger partial charge in [-0.05, 0) is 6.42 Å². The van der Waals surface area contributed by atoms with Crippen LogP contribution in [-0.2, 0) is 18.3 Å². The first-order chi connectivity index (χ1) is 6.65. The highest BCUT2D eigenvalue weighted by molar-refractivity contribution is 5.84. The highest BCUT2D eigenvalue weighted by Crippen LogP contribution is 2.02. The monoisotopic (exact) mass is 197 g/mol. The van der Waals surface area contributed by atoms with Crippen molar-refractivity contribution in [3.63, 3.8) is 0 Å². The van der Waals surface area contributed by atoms with Crippen LogP contribution in [0.3, 0.4) is 0 Å². The molecule has 0 bridgehead atoms. The lowest BCUT2D eigenvalue weighted by Gasteiger charge is -2.06. The Bertz CT molecular complexity index is 309. The molecule has 0 saturated carbocycles. The van der Waals surface area contributed by atoms with E-state index in [4.69, 9.17) is 0 Å². The largest absolute Gasteiger partial charge is 0.385 e. The van der Waals surface area contributed by atoms with Gasteiger partial charge >= 0.3 is 0 Å². The van der Waals surface area contributed by atoms with Crippen LogP contribution in [0.15, 0.2) is 6.33 Å². The number of rotatable bonds is 5. The number of nitrogens with zero attached hydrogens (tertiary/aromatic N) is 3. The summed E-state index contributed by atoms with van der Waals surface area (Å²) >= 11 is 0. The number of aromatic nitrogens is 3. The molecular weight excluding hydrogens is 182 g/mol. The van der Waals surface area contributed by atoms with E-state index in [1.165, 1.54) is 11.0 Å². The lowest BCUT2D eigenvalue weighted by molar-refractivity contribution is -0.126. The minimum atomic E-state index is -0.864. The molecule has 0 aliphatic heterocycles. The van der Waals surface area contributed by atoms with Gasteiger partial charge in [-0.25, -0.2) is 4.98 Å². The molecule has 1 aromatic heterocycles. The molecule has 0 radical (unpaired) electrons. The van der Waals surface area contributed by atoms with Crippen LogP contribution in [-0.4, -0.2) is 31.8 Å². The predicted molar refractivity (Wildman–Crippen MR) is 50.6 cm³/mol. The molecule has 1 atom stereocenters. The van der Waals surface area contributed by atoms with E-state index in [9.17, 15) is 9.90 Å². The van der Waals surface area contributed by atoms with Gasteiger partial charge in [0.15, 0.2) is 5.78 Å². The Morgan fingerprint density at radius 1 is 1.71 bits per heavy atom. The molecule has 14 heavy (non-hydrogen) atoms. The van der Waals surface area contributed by atoms with Crippen LogP contribution in [0, 0.1) is 0 Å². The van der Waals surface area contributed by atoms with Crippen molar-refractivity contribution in [1.82, 2.24) is 14.8 Å². The fourth-order valence-electron chi connectivity index (χ4n) is 1.19. The van der Waals surface area contributed by atoms with E-state index in [0.29, 0.717) is 12.2 Å². The predicted octanol–water partition coefficient (Wildman–Crippen LogP) is 0.0877. The lowest BCUT2D eigenvalue weighted by atomic mass is 10.1. The molecule has 0 fully saturated rings. The molecule has 5 heteroatoms. The van der Waals surface area contributed by atoms with E-state index >= 15 is 0 Å². The lowest BCUT2D eigenvalue weighted by Crippen LogP contribution is -2.23. The molecule has 0 amide bonds. The van der Waals surface area contributed by atoms with Crippen molar-refractivity contribution in [1.29, 1.82) is 0 Å². The second-order valence-corrected chi connectivity index (χ2v) is 3.25. The Balaban J connectivity index is 2.53. The van der Waals surface area contributed by atoms with Gasteiger partial charge in [0, 0.05) is 7.05 Å². The number of aliphatic hydroxyl groups excluding tert-OH is 1. The van der Waals surface area contributed by atoms with Gasteiger partial charge in [0.25, 0.3) is 0 Å². The van der Waals surface area contributed by atoms with Gasteiger partial charge in [0.05, 0.1) is 6.42 Å². The van der Waals surface area contributed by atoms with E-state index in [0.717, 1.165) is 6.42 Å². The maximum atomic E-state index is 11.4. The van der Waals surface area contributed by atoms with E-state index < -0.39 is 6.10 Å². The molecule has 0 aliphatic carbocycles. The fraction of sp³-hybridized carbons (Fsp3) is 0.667. The number of hydrogen-bond acceptors (Lipinski definition) is 4. The average Bonchev–Trinajstić information content (AvgIpc) is 2.52. The van der Waals surface area contributed by atoms with Crippen LogP contribution >= 0.6 is 0 Å². The van der Waals surface area contributed by atoms with Crippen molar-refractivity contribution in [2.45, 2.75) is 32.3 Å². The van der Waals surface area contributed by atoms with Crippen LogP contribution in [0.4, 0.5) is 0 Å². The molecule has 78 valence electrons. The first-order valence-corrected chi connectivity index (χ1v) is 4.68. The Morgan fingerprint density at radius 2 is 2.43 bits per heavy atom. The SMILES string of the molecule is CCCC(O)C(=O)Cc1ncnn1C. The van der Waals surface area contributed by atoms with Crippen molar-refractivity contribution in [3.8, 4) is 0 Å². The standard InChI is InChI=1S/C9H15N3O2/c1-3-4-7(13)8(14)5-9-10-6-11-12(9)2/h6-7,13H,3-5H2,1-2H3. The second-order valence-electron chi connectivity index (χ2n) is 3.25. The molecule has 1 unspecified atom stereocenters. The van der Waals surface area contributed by atoms with Crippen LogP contribution in [0.25, 0.3) is 0 Å². The molecular formula is C9H15N3O2. The number of aliphatic hydroxyl groups is 1. The minimum Gasteiger partial charge on any atom is -0.385 e. The van der Waals surface area contributed by atoms with E-state index in [2.05, 4.69) is 10.1 Å². The van der Waals surface area contributed by atoms with Crippen LogP contribution < -0.4 is 0 Å². The van der Waals surface area contributed by atoms with Crippen LogP contribution in [0.2, 0.25) is 0 Å². The van der Waals surface area contributed by atoms with Gasteiger partial charge < -0.3 is 5.11 Å². The molecule has 0 aliphatic rings. The summed E-state index contributed by atoms with van der Waals surface area (Å²) in [6.45, 7) is 1.93. The summed E-state index contributed by atoms with van der Waals surface area (Å²) in [6, 6.07) is 0. The van der Waals surface area contributed by atoms with E-state index in [-0.39, 0.29) is 12.2 Å². The summed E-state index contributed by atoms with van der Waals surface area (Å²) < 4.78 is 1.54. The molecule has 1 heterocycles.